The Hall–Kier alpha value is -2.15. The van der Waals surface area contributed by atoms with Crippen LogP contribution < -0.4 is 11.5 Å². The quantitative estimate of drug-likeness (QED) is 0.813. The third kappa shape index (κ3) is 2.65. The first kappa shape index (κ1) is 13.3. The smallest absolute Gasteiger partial charge is 0.220 e. The molecule has 0 atom stereocenters. The number of rotatable bonds is 3. The number of aromatic nitrogens is 2. The zero-order chi connectivity index (χ0) is 14.0. The Bertz CT molecular complexity index is 713. The van der Waals surface area contributed by atoms with E-state index in [2.05, 4.69) is 9.97 Å². The monoisotopic (exact) mass is 278 g/mol. The molecule has 0 aliphatic carbocycles. The molecular weight excluding hydrogens is 264 g/mol. The molecule has 4 N–H and O–H groups in total. The molecule has 0 saturated carbocycles. The highest BCUT2D eigenvalue weighted by Gasteiger charge is 2.20. The number of nitrogens with two attached hydrogens (primary N) is 2. The summed E-state index contributed by atoms with van der Waals surface area (Å²) in [4.78, 5) is 7.85. The summed E-state index contributed by atoms with van der Waals surface area (Å²) >= 11 is 0. The van der Waals surface area contributed by atoms with Gasteiger partial charge in [0.25, 0.3) is 0 Å². The lowest BCUT2D eigenvalue weighted by Crippen LogP contribution is -2.09. The van der Waals surface area contributed by atoms with Crippen molar-refractivity contribution in [1.82, 2.24) is 9.97 Å². The summed E-state index contributed by atoms with van der Waals surface area (Å²) in [6.45, 7) is 1.56. The van der Waals surface area contributed by atoms with E-state index in [1.54, 1.807) is 31.2 Å². The molecule has 0 aliphatic rings. The summed E-state index contributed by atoms with van der Waals surface area (Å²) in [7, 11) is -3.43. The highest BCUT2D eigenvalue weighted by atomic mass is 32.2. The van der Waals surface area contributed by atoms with Crippen LogP contribution in [0.15, 0.2) is 35.4 Å². The molecule has 2 aromatic rings. The first-order valence-electron chi connectivity index (χ1n) is 5.65. The van der Waals surface area contributed by atoms with Crippen molar-refractivity contribution in [2.24, 2.45) is 0 Å². The number of nitrogen functional groups attached to an aromatic ring is 2. The van der Waals surface area contributed by atoms with E-state index in [9.17, 15) is 8.42 Å². The van der Waals surface area contributed by atoms with Crippen LogP contribution in [-0.2, 0) is 9.84 Å². The fourth-order valence-electron chi connectivity index (χ4n) is 1.66. The molecular formula is C12H14N4O2S. The number of sulfone groups is 1. The van der Waals surface area contributed by atoms with E-state index in [0.717, 1.165) is 0 Å². The first-order valence-corrected chi connectivity index (χ1v) is 7.30. The Kier molecular flexibility index (Phi) is 3.39. The van der Waals surface area contributed by atoms with Crippen LogP contribution in [0.4, 0.5) is 11.6 Å². The average molecular weight is 278 g/mol. The van der Waals surface area contributed by atoms with Gasteiger partial charge in [0.15, 0.2) is 9.84 Å². The maximum absolute atomic E-state index is 12.0. The summed E-state index contributed by atoms with van der Waals surface area (Å²) in [5.74, 6) is -0.0113. The number of benzene rings is 1. The van der Waals surface area contributed by atoms with Gasteiger partial charge in [0.2, 0.25) is 5.95 Å². The molecule has 19 heavy (non-hydrogen) atoms. The van der Waals surface area contributed by atoms with Gasteiger partial charge >= 0.3 is 0 Å². The molecule has 2 rings (SSSR count). The van der Waals surface area contributed by atoms with E-state index in [0.29, 0.717) is 11.3 Å². The van der Waals surface area contributed by atoms with Crippen molar-refractivity contribution in [2.75, 3.05) is 17.2 Å². The van der Waals surface area contributed by atoms with Gasteiger partial charge in [0.1, 0.15) is 4.90 Å². The second-order valence-electron chi connectivity index (χ2n) is 3.97. The van der Waals surface area contributed by atoms with Gasteiger partial charge in [-0.05, 0) is 12.1 Å². The minimum atomic E-state index is -3.43. The van der Waals surface area contributed by atoms with Crippen molar-refractivity contribution in [2.45, 2.75) is 11.8 Å². The zero-order valence-electron chi connectivity index (χ0n) is 10.4. The van der Waals surface area contributed by atoms with Gasteiger partial charge in [0, 0.05) is 11.3 Å². The standard InChI is InChI=1S/C12H14N4O2S/c1-2-19(17,18)10-7-15-12(14)16-11(10)8-4-3-5-9(13)6-8/h3-7H,2,13H2,1H3,(H2,14,15,16). The van der Waals surface area contributed by atoms with E-state index < -0.39 is 9.84 Å². The second-order valence-corrected chi connectivity index (χ2v) is 6.22. The van der Waals surface area contributed by atoms with Gasteiger partial charge in [-0.25, -0.2) is 18.4 Å². The van der Waals surface area contributed by atoms with Gasteiger partial charge in [0.05, 0.1) is 17.6 Å². The van der Waals surface area contributed by atoms with Crippen molar-refractivity contribution < 1.29 is 8.42 Å². The van der Waals surface area contributed by atoms with Gasteiger partial charge in [-0.15, -0.1) is 0 Å². The van der Waals surface area contributed by atoms with Crippen LogP contribution >= 0.6 is 0 Å². The molecule has 0 unspecified atom stereocenters. The molecule has 1 aromatic heterocycles. The van der Waals surface area contributed by atoms with Crippen molar-refractivity contribution in [3.8, 4) is 11.3 Å². The predicted molar refractivity (Wildman–Crippen MR) is 74.0 cm³/mol. The molecule has 0 amide bonds. The van der Waals surface area contributed by atoms with Crippen molar-refractivity contribution in [1.29, 1.82) is 0 Å². The van der Waals surface area contributed by atoms with E-state index in [-0.39, 0.29) is 22.3 Å². The van der Waals surface area contributed by atoms with Gasteiger partial charge in [-0.1, -0.05) is 19.1 Å². The normalized spacial score (nSPS) is 11.4. The lowest BCUT2D eigenvalue weighted by atomic mass is 10.1. The van der Waals surface area contributed by atoms with E-state index in [1.165, 1.54) is 6.20 Å². The summed E-state index contributed by atoms with van der Waals surface area (Å²) in [5.41, 5.74) is 12.6. The van der Waals surface area contributed by atoms with Gasteiger partial charge < -0.3 is 11.5 Å². The molecule has 7 heteroatoms. The number of nitrogens with zero attached hydrogens (tertiary/aromatic N) is 2. The molecule has 0 spiro atoms. The Labute approximate surface area is 111 Å². The van der Waals surface area contributed by atoms with E-state index in [1.807, 2.05) is 0 Å². The van der Waals surface area contributed by atoms with Gasteiger partial charge in [-0.2, -0.15) is 0 Å². The van der Waals surface area contributed by atoms with Gasteiger partial charge in [-0.3, -0.25) is 0 Å². The summed E-state index contributed by atoms with van der Waals surface area (Å²) in [5, 5.41) is 0. The molecule has 0 saturated heterocycles. The van der Waals surface area contributed by atoms with Crippen LogP contribution in [0, 0.1) is 0 Å². The fraction of sp³-hybridized carbons (Fsp3) is 0.167. The Morgan fingerprint density at radius 2 is 2.00 bits per heavy atom. The van der Waals surface area contributed by atoms with Crippen molar-refractivity contribution in [3.05, 3.63) is 30.5 Å². The fourth-order valence-corrected chi connectivity index (χ4v) is 2.64. The van der Waals surface area contributed by atoms with Crippen LogP contribution in [0.1, 0.15) is 6.92 Å². The third-order valence-corrected chi connectivity index (χ3v) is 4.38. The van der Waals surface area contributed by atoms with Crippen LogP contribution in [-0.4, -0.2) is 24.1 Å². The number of hydrogen-bond acceptors (Lipinski definition) is 6. The number of anilines is 2. The Morgan fingerprint density at radius 3 is 2.63 bits per heavy atom. The van der Waals surface area contributed by atoms with Crippen molar-refractivity contribution in [3.63, 3.8) is 0 Å². The Balaban J connectivity index is 2.72. The van der Waals surface area contributed by atoms with Crippen LogP contribution in [0.25, 0.3) is 11.3 Å². The highest BCUT2D eigenvalue weighted by molar-refractivity contribution is 7.91. The summed E-state index contributed by atoms with van der Waals surface area (Å²) in [6.07, 6.45) is 1.24. The SMILES string of the molecule is CCS(=O)(=O)c1cnc(N)nc1-c1cccc(N)c1. The molecule has 0 bridgehead atoms. The Morgan fingerprint density at radius 1 is 1.26 bits per heavy atom. The molecule has 0 fully saturated rings. The van der Waals surface area contributed by atoms with Crippen molar-refractivity contribution >= 4 is 21.5 Å². The van der Waals surface area contributed by atoms with Crippen LogP contribution in [0.3, 0.4) is 0 Å². The summed E-state index contributed by atoms with van der Waals surface area (Å²) in [6, 6.07) is 6.82. The molecule has 0 aliphatic heterocycles. The maximum Gasteiger partial charge on any atom is 0.220 e. The van der Waals surface area contributed by atoms with E-state index >= 15 is 0 Å². The second kappa shape index (κ2) is 4.85. The molecule has 0 radical (unpaired) electrons. The number of hydrogen-bond donors (Lipinski definition) is 2. The summed E-state index contributed by atoms with van der Waals surface area (Å²) < 4.78 is 24.1. The minimum absolute atomic E-state index is 0.0208. The molecule has 6 nitrogen and oxygen atoms in total. The first-order chi connectivity index (χ1) is 8.94. The lowest BCUT2D eigenvalue weighted by Gasteiger charge is -2.09. The molecule has 1 heterocycles. The topological polar surface area (TPSA) is 112 Å². The third-order valence-electron chi connectivity index (χ3n) is 2.65. The van der Waals surface area contributed by atoms with E-state index in [4.69, 9.17) is 11.5 Å². The lowest BCUT2D eigenvalue weighted by molar-refractivity contribution is 0.597. The average Bonchev–Trinajstić information content (AvgIpc) is 2.38. The van der Waals surface area contributed by atoms with Crippen LogP contribution in [0.5, 0.6) is 0 Å². The minimum Gasteiger partial charge on any atom is -0.399 e. The molecule has 1 aromatic carbocycles. The maximum atomic E-state index is 12.0. The largest absolute Gasteiger partial charge is 0.399 e. The molecule has 100 valence electrons. The van der Waals surface area contributed by atoms with Crippen LogP contribution in [0.2, 0.25) is 0 Å². The highest BCUT2D eigenvalue weighted by Crippen LogP contribution is 2.27. The predicted octanol–water partition coefficient (Wildman–Crippen LogP) is 1.10. The zero-order valence-corrected chi connectivity index (χ0v) is 11.2.